The number of halogens is 2. The second-order valence-corrected chi connectivity index (χ2v) is 10.3. The summed E-state index contributed by atoms with van der Waals surface area (Å²) in [5, 5.41) is 12.1. The van der Waals surface area contributed by atoms with Gasteiger partial charge in [-0.3, -0.25) is 9.59 Å². The summed E-state index contributed by atoms with van der Waals surface area (Å²) < 4.78 is 5.97. The van der Waals surface area contributed by atoms with Crippen LogP contribution in [0.2, 0.25) is 10.0 Å². The fourth-order valence-corrected chi connectivity index (χ4v) is 5.08. The normalized spacial score (nSPS) is 16.8. The van der Waals surface area contributed by atoms with Gasteiger partial charge in [-0.25, -0.2) is 0 Å². The topological polar surface area (TPSA) is 70.1 Å². The van der Waals surface area contributed by atoms with E-state index in [1.54, 1.807) is 36.4 Å². The van der Waals surface area contributed by atoms with E-state index < -0.39 is 17.7 Å². The van der Waals surface area contributed by atoms with Gasteiger partial charge < -0.3 is 19.6 Å². The van der Waals surface area contributed by atoms with E-state index in [-0.39, 0.29) is 11.3 Å². The van der Waals surface area contributed by atoms with E-state index in [0.29, 0.717) is 46.6 Å². The molecule has 4 rings (SSSR count). The van der Waals surface area contributed by atoms with Crippen molar-refractivity contribution >= 4 is 40.7 Å². The number of aliphatic hydroxyl groups is 1. The van der Waals surface area contributed by atoms with E-state index in [1.807, 2.05) is 51.1 Å². The number of Topliss-reactive ketones (excluding diaryl/α,β-unsaturated/α-hetero) is 1. The highest BCUT2D eigenvalue weighted by molar-refractivity contribution is 6.46. The summed E-state index contributed by atoms with van der Waals surface area (Å²) in [6, 6.07) is 19.2. The zero-order valence-electron chi connectivity index (χ0n) is 22.3. The Kier molecular flexibility index (Phi) is 9.33. The molecule has 3 aromatic carbocycles. The van der Waals surface area contributed by atoms with Crippen LogP contribution < -0.4 is 4.74 Å². The minimum Gasteiger partial charge on any atom is -0.507 e. The molecule has 1 amide bonds. The number of likely N-dealkylation sites (N-methyl/N-ethyl adjacent to an activating group) is 1. The second-order valence-electron chi connectivity index (χ2n) is 9.45. The number of nitrogens with zero attached hydrogens (tertiary/aromatic N) is 2. The van der Waals surface area contributed by atoms with Crippen LogP contribution in [0.1, 0.15) is 42.1 Å². The summed E-state index contributed by atoms with van der Waals surface area (Å²) in [6.07, 6.45) is 0. The Bertz CT molecular complexity index is 1390. The number of rotatable bonds is 10. The quantitative estimate of drug-likeness (QED) is 0.169. The molecule has 39 heavy (non-hydrogen) atoms. The van der Waals surface area contributed by atoms with E-state index >= 15 is 0 Å². The third-order valence-corrected chi connectivity index (χ3v) is 7.78. The molecule has 6 nitrogen and oxygen atoms in total. The van der Waals surface area contributed by atoms with Crippen molar-refractivity contribution in [2.24, 2.45) is 0 Å². The van der Waals surface area contributed by atoms with Gasteiger partial charge in [-0.15, -0.1) is 0 Å². The van der Waals surface area contributed by atoms with Crippen molar-refractivity contribution in [3.8, 4) is 5.75 Å². The predicted octanol–water partition coefficient (Wildman–Crippen LogP) is 6.64. The Morgan fingerprint density at radius 1 is 0.974 bits per heavy atom. The summed E-state index contributed by atoms with van der Waals surface area (Å²) in [5.74, 6) is -0.965. The maximum absolute atomic E-state index is 13.4. The third kappa shape index (κ3) is 6.30. The third-order valence-electron chi connectivity index (χ3n) is 7.04. The van der Waals surface area contributed by atoms with Crippen LogP contribution in [0.4, 0.5) is 0 Å². The highest BCUT2D eigenvalue weighted by Crippen LogP contribution is 2.41. The number of aryl methyl sites for hydroxylation is 1. The molecule has 3 aromatic rings. The molecule has 204 valence electrons. The van der Waals surface area contributed by atoms with Crippen molar-refractivity contribution in [2.75, 3.05) is 26.2 Å². The molecule has 1 unspecified atom stereocenters. The van der Waals surface area contributed by atoms with Crippen molar-refractivity contribution in [1.29, 1.82) is 0 Å². The lowest BCUT2D eigenvalue weighted by molar-refractivity contribution is -0.140. The van der Waals surface area contributed by atoms with Crippen LogP contribution in [0.3, 0.4) is 0 Å². The molecule has 1 aliphatic heterocycles. The van der Waals surface area contributed by atoms with Gasteiger partial charge in [0.2, 0.25) is 0 Å². The fraction of sp³-hybridized carbons (Fsp3) is 0.290. The molecule has 0 aliphatic carbocycles. The first-order valence-electron chi connectivity index (χ1n) is 13.0. The molecule has 0 bridgehead atoms. The number of ether oxygens (including phenoxy) is 1. The second kappa shape index (κ2) is 12.7. The van der Waals surface area contributed by atoms with Crippen LogP contribution >= 0.6 is 23.2 Å². The van der Waals surface area contributed by atoms with Crippen LogP contribution in [0.5, 0.6) is 5.75 Å². The minimum atomic E-state index is -0.801. The molecular weight excluding hydrogens is 535 g/mol. The first kappa shape index (κ1) is 28.7. The Labute approximate surface area is 239 Å². The van der Waals surface area contributed by atoms with Crippen LogP contribution in [-0.4, -0.2) is 52.8 Å². The molecular formula is C31H32Cl2N2O4. The Hall–Kier alpha value is -3.32. The number of carbonyl (C=O) groups is 2. The summed E-state index contributed by atoms with van der Waals surface area (Å²) in [6.45, 7) is 8.90. The number of hydrogen-bond donors (Lipinski definition) is 1. The number of likely N-dealkylation sites (tertiary alicyclic amines) is 1. The summed E-state index contributed by atoms with van der Waals surface area (Å²) >= 11 is 12.5. The van der Waals surface area contributed by atoms with Crippen molar-refractivity contribution in [2.45, 2.75) is 33.4 Å². The standard InChI is InChI=1S/C31H32Cl2N2O4/c1-4-34(5-2)15-16-35-28(22-11-13-24(32)25(33)18-22)27(30(37)31(35)38)29(36)23-12-14-26(20(3)17-23)39-19-21-9-7-6-8-10-21/h6-14,17-18,28,36H,4-5,15-16,19H2,1-3H3/b29-27-. The monoisotopic (exact) mass is 566 g/mol. The van der Waals surface area contributed by atoms with E-state index in [1.165, 1.54) is 4.90 Å². The largest absolute Gasteiger partial charge is 0.507 e. The summed E-state index contributed by atoms with van der Waals surface area (Å²) in [4.78, 5) is 30.3. The molecule has 0 saturated carbocycles. The maximum Gasteiger partial charge on any atom is 0.295 e. The van der Waals surface area contributed by atoms with E-state index in [9.17, 15) is 14.7 Å². The molecule has 1 atom stereocenters. The summed E-state index contributed by atoms with van der Waals surface area (Å²) in [5.41, 5.74) is 2.87. The van der Waals surface area contributed by atoms with Crippen LogP contribution in [0.15, 0.2) is 72.3 Å². The van der Waals surface area contributed by atoms with E-state index in [2.05, 4.69) is 4.90 Å². The van der Waals surface area contributed by atoms with E-state index in [0.717, 1.165) is 24.2 Å². The Balaban J connectivity index is 1.71. The SMILES string of the molecule is CCN(CC)CCN1C(=O)C(=O)/C(=C(\O)c2ccc(OCc3ccccc3)c(C)c2)C1c1ccc(Cl)c(Cl)c1. The van der Waals surface area contributed by atoms with Crippen molar-refractivity contribution in [3.05, 3.63) is 105 Å². The number of benzene rings is 3. The van der Waals surface area contributed by atoms with Gasteiger partial charge in [0.05, 0.1) is 21.7 Å². The molecule has 1 fully saturated rings. The first-order chi connectivity index (χ1) is 18.7. The van der Waals surface area contributed by atoms with Gasteiger partial charge in [-0.2, -0.15) is 0 Å². The lowest BCUT2D eigenvalue weighted by atomic mass is 9.94. The van der Waals surface area contributed by atoms with Gasteiger partial charge in [0.15, 0.2) is 0 Å². The average Bonchev–Trinajstić information content (AvgIpc) is 3.19. The van der Waals surface area contributed by atoms with Gasteiger partial charge in [0.25, 0.3) is 11.7 Å². The van der Waals surface area contributed by atoms with Gasteiger partial charge in [-0.05, 0) is 67.0 Å². The fourth-order valence-electron chi connectivity index (χ4n) is 4.78. The number of carbonyl (C=O) groups excluding carboxylic acids is 2. The summed E-state index contributed by atoms with van der Waals surface area (Å²) in [7, 11) is 0. The van der Waals surface area contributed by atoms with Crippen LogP contribution in [0.25, 0.3) is 5.76 Å². The smallest absolute Gasteiger partial charge is 0.295 e. The molecule has 0 spiro atoms. The van der Waals surface area contributed by atoms with E-state index in [4.69, 9.17) is 27.9 Å². The van der Waals surface area contributed by atoms with Crippen LogP contribution in [-0.2, 0) is 16.2 Å². The number of ketones is 1. The highest BCUT2D eigenvalue weighted by Gasteiger charge is 2.46. The van der Waals surface area contributed by atoms with Crippen LogP contribution in [0, 0.1) is 6.92 Å². The molecule has 0 radical (unpaired) electrons. The predicted molar refractivity (Wildman–Crippen MR) is 155 cm³/mol. The molecule has 8 heteroatoms. The number of hydrogen-bond acceptors (Lipinski definition) is 5. The Morgan fingerprint density at radius 3 is 2.33 bits per heavy atom. The van der Waals surface area contributed by atoms with Crippen molar-refractivity contribution in [3.63, 3.8) is 0 Å². The lowest BCUT2D eigenvalue weighted by Gasteiger charge is -2.28. The molecule has 1 saturated heterocycles. The minimum absolute atomic E-state index is 0.0234. The molecule has 1 aliphatic rings. The lowest BCUT2D eigenvalue weighted by Crippen LogP contribution is -2.38. The Morgan fingerprint density at radius 2 is 1.69 bits per heavy atom. The first-order valence-corrected chi connectivity index (χ1v) is 13.7. The van der Waals surface area contributed by atoms with Gasteiger partial charge in [0.1, 0.15) is 18.1 Å². The zero-order chi connectivity index (χ0) is 28.1. The number of aliphatic hydroxyl groups excluding tert-OH is 1. The molecule has 1 heterocycles. The molecule has 1 N–H and O–H groups in total. The number of amides is 1. The van der Waals surface area contributed by atoms with Gasteiger partial charge in [-0.1, -0.05) is 73.4 Å². The molecule has 0 aromatic heterocycles. The maximum atomic E-state index is 13.4. The zero-order valence-corrected chi connectivity index (χ0v) is 23.8. The average molecular weight is 568 g/mol. The van der Waals surface area contributed by atoms with Gasteiger partial charge in [0, 0.05) is 18.7 Å². The van der Waals surface area contributed by atoms with Gasteiger partial charge >= 0.3 is 0 Å². The highest BCUT2D eigenvalue weighted by atomic mass is 35.5. The van der Waals surface area contributed by atoms with Crippen molar-refractivity contribution in [1.82, 2.24) is 9.80 Å². The van der Waals surface area contributed by atoms with Crippen molar-refractivity contribution < 1.29 is 19.4 Å².